The van der Waals surface area contributed by atoms with Gasteiger partial charge in [-0.25, -0.2) is 0 Å². The molecule has 1 heterocycles. The molecule has 4 heteroatoms. The Morgan fingerprint density at radius 2 is 1.79 bits per heavy atom. The van der Waals surface area contributed by atoms with Crippen LogP contribution in [0.1, 0.15) is 37.3 Å². The fraction of sp³-hybridized carbons (Fsp3) is 0.250. The Bertz CT molecular complexity index is 806. The van der Waals surface area contributed by atoms with E-state index in [1.54, 1.807) is 6.26 Å². The number of hydrogen-bond acceptors (Lipinski definition) is 3. The van der Waals surface area contributed by atoms with Crippen LogP contribution in [0, 0.1) is 0 Å². The van der Waals surface area contributed by atoms with Gasteiger partial charge in [-0.15, -0.1) is 0 Å². The van der Waals surface area contributed by atoms with Gasteiger partial charge in [0.1, 0.15) is 5.76 Å². The van der Waals surface area contributed by atoms with Crippen molar-refractivity contribution in [3.05, 3.63) is 72.2 Å². The molecule has 24 heavy (non-hydrogen) atoms. The Kier molecular flexibility index (Phi) is 4.96. The molecule has 2 aromatic carbocycles. The molecule has 0 spiro atoms. The number of hydrogen-bond donors (Lipinski definition) is 2. The van der Waals surface area contributed by atoms with E-state index in [0.717, 1.165) is 11.3 Å². The average Bonchev–Trinajstić information content (AvgIpc) is 3.14. The first-order chi connectivity index (χ1) is 11.6. The molecule has 3 aromatic rings. The number of furan rings is 1. The molecule has 3 rings (SSSR count). The number of amides is 1. The lowest BCUT2D eigenvalue weighted by atomic mass is 10.00. The van der Waals surface area contributed by atoms with Crippen LogP contribution in [-0.2, 0) is 4.79 Å². The monoisotopic (exact) mass is 322 g/mol. The van der Waals surface area contributed by atoms with Gasteiger partial charge in [-0.05, 0) is 42.3 Å². The first-order valence-corrected chi connectivity index (χ1v) is 8.19. The lowest BCUT2D eigenvalue weighted by Crippen LogP contribution is -2.36. The summed E-state index contributed by atoms with van der Waals surface area (Å²) in [7, 11) is 0. The highest BCUT2D eigenvalue weighted by molar-refractivity contribution is 5.87. The van der Waals surface area contributed by atoms with Gasteiger partial charge in [0.25, 0.3) is 0 Å². The predicted octanol–water partition coefficient (Wildman–Crippen LogP) is 3.96. The van der Waals surface area contributed by atoms with Crippen molar-refractivity contribution < 1.29 is 9.21 Å². The van der Waals surface area contributed by atoms with Gasteiger partial charge in [-0.2, -0.15) is 0 Å². The summed E-state index contributed by atoms with van der Waals surface area (Å²) < 4.78 is 5.33. The summed E-state index contributed by atoms with van der Waals surface area (Å²) in [5, 5.41) is 8.58. The van der Waals surface area contributed by atoms with Crippen LogP contribution in [0.5, 0.6) is 0 Å². The zero-order valence-electron chi connectivity index (χ0n) is 14.0. The zero-order valence-corrected chi connectivity index (χ0v) is 14.0. The van der Waals surface area contributed by atoms with Crippen LogP contribution >= 0.6 is 0 Å². The second-order valence-electron chi connectivity index (χ2n) is 5.98. The van der Waals surface area contributed by atoms with Crippen molar-refractivity contribution in [3.8, 4) is 0 Å². The topological polar surface area (TPSA) is 54.3 Å². The molecule has 0 saturated carbocycles. The molecule has 0 aliphatic rings. The van der Waals surface area contributed by atoms with Crippen molar-refractivity contribution in [3.63, 3.8) is 0 Å². The van der Waals surface area contributed by atoms with Gasteiger partial charge >= 0.3 is 0 Å². The third-order valence-corrected chi connectivity index (χ3v) is 4.21. The Morgan fingerprint density at radius 1 is 1.00 bits per heavy atom. The molecule has 0 aliphatic carbocycles. The third kappa shape index (κ3) is 3.66. The third-order valence-electron chi connectivity index (χ3n) is 4.21. The van der Waals surface area contributed by atoms with E-state index >= 15 is 0 Å². The molecule has 0 unspecified atom stereocenters. The quantitative estimate of drug-likeness (QED) is 0.722. The molecule has 124 valence electrons. The van der Waals surface area contributed by atoms with E-state index in [1.165, 1.54) is 10.8 Å². The number of benzene rings is 2. The van der Waals surface area contributed by atoms with E-state index in [-0.39, 0.29) is 24.5 Å². The predicted molar refractivity (Wildman–Crippen MR) is 95.6 cm³/mol. The van der Waals surface area contributed by atoms with Crippen LogP contribution in [0.3, 0.4) is 0 Å². The first-order valence-electron chi connectivity index (χ1n) is 8.19. The van der Waals surface area contributed by atoms with Gasteiger partial charge in [-0.1, -0.05) is 42.5 Å². The van der Waals surface area contributed by atoms with E-state index in [1.807, 2.05) is 44.2 Å². The van der Waals surface area contributed by atoms with Crippen molar-refractivity contribution >= 4 is 16.7 Å². The van der Waals surface area contributed by atoms with Crippen LogP contribution in [-0.4, -0.2) is 12.5 Å². The summed E-state index contributed by atoms with van der Waals surface area (Å²) in [6, 6.07) is 18.1. The fourth-order valence-electron chi connectivity index (χ4n) is 2.88. The smallest absolute Gasteiger partial charge is 0.234 e. The summed E-state index contributed by atoms with van der Waals surface area (Å²) in [5.74, 6) is 0.791. The normalized spacial score (nSPS) is 13.6. The minimum Gasteiger partial charge on any atom is -0.468 e. The highest BCUT2D eigenvalue weighted by Crippen LogP contribution is 2.23. The van der Waals surface area contributed by atoms with Crippen molar-refractivity contribution in [2.75, 3.05) is 6.54 Å². The van der Waals surface area contributed by atoms with Crippen LogP contribution in [0.2, 0.25) is 0 Å². The number of carbonyl (C=O) groups excluding carboxylic acids is 1. The maximum Gasteiger partial charge on any atom is 0.234 e. The number of nitrogens with one attached hydrogen (secondary N) is 2. The molecule has 2 N–H and O–H groups in total. The first kappa shape index (κ1) is 16.3. The second kappa shape index (κ2) is 7.32. The molecule has 0 bridgehead atoms. The second-order valence-corrected chi connectivity index (χ2v) is 5.98. The minimum atomic E-state index is -0.0516. The van der Waals surface area contributed by atoms with Crippen LogP contribution in [0.15, 0.2) is 65.3 Å². The standard InChI is InChI=1S/C20H22N2O2/c1-14(17-10-5-8-16-7-3-4-9-18(16)17)22-20(23)13-21-15(2)19-11-6-12-24-19/h3-12,14-15,21H,13H2,1-2H3,(H,22,23)/t14-,15-/m1/s1. The maximum absolute atomic E-state index is 12.2. The average molecular weight is 322 g/mol. The highest BCUT2D eigenvalue weighted by Gasteiger charge is 2.14. The summed E-state index contributed by atoms with van der Waals surface area (Å²) in [4.78, 5) is 12.2. The van der Waals surface area contributed by atoms with Crippen LogP contribution in [0.4, 0.5) is 0 Å². The van der Waals surface area contributed by atoms with Crippen molar-refractivity contribution in [1.82, 2.24) is 10.6 Å². The summed E-state index contributed by atoms with van der Waals surface area (Å²) in [5.41, 5.74) is 1.13. The van der Waals surface area contributed by atoms with Gasteiger partial charge in [0.05, 0.1) is 24.9 Å². The van der Waals surface area contributed by atoms with Crippen molar-refractivity contribution in [2.45, 2.75) is 25.9 Å². The Balaban J connectivity index is 1.61. The largest absolute Gasteiger partial charge is 0.468 e. The number of fused-ring (bicyclic) bond motifs is 1. The van der Waals surface area contributed by atoms with Gasteiger partial charge in [0.15, 0.2) is 0 Å². The zero-order chi connectivity index (χ0) is 16.9. The van der Waals surface area contributed by atoms with E-state index in [0.29, 0.717) is 0 Å². The minimum absolute atomic E-state index is 0.00129. The van der Waals surface area contributed by atoms with E-state index in [9.17, 15) is 4.79 Å². The summed E-state index contributed by atoms with van der Waals surface area (Å²) in [6.45, 7) is 4.23. The molecule has 0 radical (unpaired) electrons. The van der Waals surface area contributed by atoms with Crippen molar-refractivity contribution in [2.24, 2.45) is 0 Å². The maximum atomic E-state index is 12.2. The molecule has 1 aromatic heterocycles. The van der Waals surface area contributed by atoms with E-state index < -0.39 is 0 Å². The van der Waals surface area contributed by atoms with Gasteiger partial charge in [0.2, 0.25) is 5.91 Å². The fourth-order valence-corrected chi connectivity index (χ4v) is 2.88. The summed E-state index contributed by atoms with van der Waals surface area (Å²) >= 11 is 0. The van der Waals surface area contributed by atoms with Gasteiger partial charge in [0, 0.05) is 0 Å². The number of rotatable bonds is 6. The lowest BCUT2D eigenvalue weighted by molar-refractivity contribution is -0.121. The molecule has 0 saturated heterocycles. The molecule has 0 aliphatic heterocycles. The SMILES string of the molecule is C[C@@H](NCC(=O)N[C@H](C)c1cccc2ccccc12)c1ccco1. The molecular weight excluding hydrogens is 300 g/mol. The van der Waals surface area contributed by atoms with Crippen LogP contribution < -0.4 is 10.6 Å². The van der Waals surface area contributed by atoms with E-state index in [2.05, 4.69) is 34.9 Å². The summed E-state index contributed by atoms with van der Waals surface area (Å²) in [6.07, 6.45) is 1.64. The van der Waals surface area contributed by atoms with Crippen molar-refractivity contribution in [1.29, 1.82) is 0 Å². The Labute approximate surface area is 141 Å². The van der Waals surface area contributed by atoms with Crippen LogP contribution in [0.25, 0.3) is 10.8 Å². The van der Waals surface area contributed by atoms with Gasteiger partial charge in [-0.3, -0.25) is 10.1 Å². The number of carbonyl (C=O) groups is 1. The Hall–Kier alpha value is -2.59. The molecule has 2 atom stereocenters. The lowest BCUT2D eigenvalue weighted by Gasteiger charge is -2.18. The van der Waals surface area contributed by atoms with E-state index in [4.69, 9.17) is 4.42 Å². The Morgan fingerprint density at radius 3 is 2.58 bits per heavy atom. The molecule has 1 amide bonds. The molecule has 0 fully saturated rings. The highest BCUT2D eigenvalue weighted by atomic mass is 16.3. The van der Waals surface area contributed by atoms with Gasteiger partial charge < -0.3 is 9.73 Å². The molecular formula is C20H22N2O2. The molecule has 4 nitrogen and oxygen atoms in total.